The van der Waals surface area contributed by atoms with E-state index >= 15 is 0 Å². The Morgan fingerprint density at radius 2 is 1.75 bits per heavy atom. The van der Waals surface area contributed by atoms with Crippen molar-refractivity contribution in [2.24, 2.45) is 10.2 Å². The number of aromatic nitrogens is 3. The Bertz CT molecular complexity index is 1190. The number of azo groups is 1. The average Bonchev–Trinajstić information content (AvgIpc) is 2.96. The summed E-state index contributed by atoms with van der Waals surface area (Å²) in [6.45, 7) is 0.445. The standard InChI is InChI=1S/C19H14Cl2N6O/c20-12-7-5-11(6-8-12)9-27-14-4-2-1-3-13(14)16(19(27)28)25-26-18-15(22)17(21)23-10-24-18/h1-8,10,28H,9,22H2. The predicted octanol–water partition coefficient (Wildman–Crippen LogP) is 5.49. The molecule has 0 fully saturated rings. The van der Waals surface area contributed by atoms with Crippen molar-refractivity contribution < 1.29 is 5.11 Å². The lowest BCUT2D eigenvalue weighted by Crippen LogP contribution is -1.98. The molecule has 3 N–H and O–H groups in total. The zero-order valence-electron chi connectivity index (χ0n) is 14.4. The third-order valence-electron chi connectivity index (χ3n) is 4.23. The second-order valence-corrected chi connectivity index (χ2v) is 6.80. The number of nitrogens with zero attached hydrogens (tertiary/aromatic N) is 5. The predicted molar refractivity (Wildman–Crippen MR) is 110 cm³/mol. The van der Waals surface area contributed by atoms with Gasteiger partial charge in [-0.25, -0.2) is 9.97 Å². The number of hydrogen-bond acceptors (Lipinski definition) is 6. The van der Waals surface area contributed by atoms with Crippen LogP contribution in [0.2, 0.25) is 10.2 Å². The maximum Gasteiger partial charge on any atom is 0.221 e. The number of halogens is 2. The number of benzene rings is 2. The van der Waals surface area contributed by atoms with Gasteiger partial charge in [0.15, 0.2) is 10.8 Å². The SMILES string of the molecule is Nc1c(Cl)ncnc1N=Nc1c(O)n(Cc2ccc(Cl)cc2)c2ccccc12. The van der Waals surface area contributed by atoms with Gasteiger partial charge in [-0.15, -0.1) is 10.2 Å². The first kappa shape index (κ1) is 18.2. The van der Waals surface area contributed by atoms with Crippen LogP contribution in [0.4, 0.5) is 17.2 Å². The van der Waals surface area contributed by atoms with Crippen LogP contribution in [0.1, 0.15) is 5.56 Å². The maximum atomic E-state index is 10.8. The number of nitrogen functional groups attached to an aromatic ring is 1. The van der Waals surface area contributed by atoms with Gasteiger partial charge in [-0.3, -0.25) is 0 Å². The number of aromatic hydroxyl groups is 1. The first-order valence-corrected chi connectivity index (χ1v) is 9.02. The summed E-state index contributed by atoms with van der Waals surface area (Å²) in [5.41, 5.74) is 8.07. The van der Waals surface area contributed by atoms with Crippen LogP contribution in [-0.4, -0.2) is 19.6 Å². The molecule has 9 heteroatoms. The Balaban J connectivity index is 1.79. The monoisotopic (exact) mass is 412 g/mol. The first-order chi connectivity index (χ1) is 13.5. The summed E-state index contributed by atoms with van der Waals surface area (Å²) in [4.78, 5) is 7.75. The van der Waals surface area contributed by atoms with Gasteiger partial charge in [-0.2, -0.15) is 0 Å². The van der Waals surface area contributed by atoms with Crippen molar-refractivity contribution in [2.45, 2.75) is 6.54 Å². The normalized spacial score (nSPS) is 11.5. The largest absolute Gasteiger partial charge is 0.493 e. The third kappa shape index (κ3) is 3.37. The molecule has 0 amide bonds. The van der Waals surface area contributed by atoms with Gasteiger partial charge in [0.2, 0.25) is 11.7 Å². The summed E-state index contributed by atoms with van der Waals surface area (Å²) in [5, 5.41) is 20.6. The molecule has 0 saturated heterocycles. The molecule has 140 valence electrons. The minimum absolute atomic E-state index is 0.0152. The molecule has 4 rings (SSSR count). The molecule has 0 aliphatic carbocycles. The third-order valence-corrected chi connectivity index (χ3v) is 4.78. The highest BCUT2D eigenvalue weighted by atomic mass is 35.5. The maximum absolute atomic E-state index is 10.8. The van der Waals surface area contributed by atoms with Crippen LogP contribution in [-0.2, 0) is 6.54 Å². The average molecular weight is 413 g/mol. The molecule has 28 heavy (non-hydrogen) atoms. The van der Waals surface area contributed by atoms with Crippen molar-refractivity contribution in [2.75, 3.05) is 5.73 Å². The highest BCUT2D eigenvalue weighted by Crippen LogP contribution is 2.40. The van der Waals surface area contributed by atoms with Gasteiger partial charge in [-0.05, 0) is 23.8 Å². The Labute approximate surface area is 170 Å². The lowest BCUT2D eigenvalue weighted by Gasteiger charge is -2.07. The zero-order valence-corrected chi connectivity index (χ0v) is 15.9. The summed E-state index contributed by atoms with van der Waals surface area (Å²) in [5.74, 6) is 0.118. The number of anilines is 1. The lowest BCUT2D eigenvalue weighted by atomic mass is 10.2. The van der Waals surface area contributed by atoms with E-state index in [1.54, 1.807) is 4.57 Å². The van der Waals surface area contributed by atoms with Crippen molar-refractivity contribution in [3.8, 4) is 5.88 Å². The molecule has 0 aliphatic heterocycles. The summed E-state index contributed by atoms with van der Waals surface area (Å²) >= 11 is 11.8. The van der Waals surface area contributed by atoms with E-state index in [1.807, 2.05) is 48.5 Å². The molecular weight excluding hydrogens is 399 g/mol. The smallest absolute Gasteiger partial charge is 0.221 e. The van der Waals surface area contributed by atoms with Crippen LogP contribution < -0.4 is 5.73 Å². The number of nitrogens with two attached hydrogens (primary N) is 1. The molecule has 4 aromatic rings. The van der Waals surface area contributed by atoms with Crippen LogP contribution in [0.5, 0.6) is 5.88 Å². The van der Waals surface area contributed by atoms with Gasteiger partial charge in [-0.1, -0.05) is 53.5 Å². The quantitative estimate of drug-likeness (QED) is 0.341. The molecule has 0 aliphatic rings. The second kappa shape index (κ2) is 7.46. The zero-order chi connectivity index (χ0) is 19.7. The van der Waals surface area contributed by atoms with Crippen molar-refractivity contribution in [3.63, 3.8) is 0 Å². The van der Waals surface area contributed by atoms with Crippen molar-refractivity contribution in [1.82, 2.24) is 14.5 Å². The molecule has 7 nitrogen and oxygen atoms in total. The van der Waals surface area contributed by atoms with E-state index in [0.717, 1.165) is 16.5 Å². The van der Waals surface area contributed by atoms with Crippen molar-refractivity contribution >= 4 is 51.3 Å². The minimum atomic E-state index is -0.0152. The highest BCUT2D eigenvalue weighted by molar-refractivity contribution is 6.32. The van der Waals surface area contributed by atoms with Gasteiger partial charge < -0.3 is 15.4 Å². The second-order valence-electron chi connectivity index (χ2n) is 6.00. The molecule has 0 bridgehead atoms. The van der Waals surface area contributed by atoms with E-state index in [9.17, 15) is 5.11 Å². The molecule has 0 radical (unpaired) electrons. The fourth-order valence-electron chi connectivity index (χ4n) is 2.85. The van der Waals surface area contributed by atoms with E-state index in [0.29, 0.717) is 17.3 Å². The van der Waals surface area contributed by atoms with Crippen LogP contribution in [0, 0.1) is 0 Å². The summed E-state index contributed by atoms with van der Waals surface area (Å²) < 4.78 is 1.75. The van der Waals surface area contributed by atoms with Crippen LogP contribution in [0.3, 0.4) is 0 Å². The van der Waals surface area contributed by atoms with E-state index in [1.165, 1.54) is 6.33 Å². The van der Waals surface area contributed by atoms with E-state index in [4.69, 9.17) is 28.9 Å². The summed E-state index contributed by atoms with van der Waals surface area (Å²) in [6.07, 6.45) is 1.25. The van der Waals surface area contributed by atoms with Gasteiger partial charge in [0, 0.05) is 10.4 Å². The molecule has 2 heterocycles. The Morgan fingerprint density at radius 1 is 1.00 bits per heavy atom. The molecule has 2 aromatic carbocycles. The van der Waals surface area contributed by atoms with Gasteiger partial charge in [0.25, 0.3) is 0 Å². The van der Waals surface area contributed by atoms with E-state index in [2.05, 4.69) is 20.2 Å². The van der Waals surface area contributed by atoms with Crippen LogP contribution in [0.15, 0.2) is 65.1 Å². The molecule has 0 saturated carbocycles. The molecule has 0 unspecified atom stereocenters. The van der Waals surface area contributed by atoms with Gasteiger partial charge >= 0.3 is 0 Å². The van der Waals surface area contributed by atoms with Crippen molar-refractivity contribution in [3.05, 3.63) is 70.6 Å². The molecular formula is C19H14Cl2N6O. The number of para-hydroxylation sites is 1. The Hall–Kier alpha value is -3.16. The van der Waals surface area contributed by atoms with Crippen LogP contribution in [0.25, 0.3) is 10.9 Å². The Kier molecular flexibility index (Phi) is 4.85. The topological polar surface area (TPSA) is 102 Å². The Morgan fingerprint density at radius 3 is 2.54 bits per heavy atom. The number of rotatable bonds is 4. The number of fused-ring (bicyclic) bond motifs is 1. The lowest BCUT2D eigenvalue weighted by molar-refractivity contribution is 0.429. The fourth-order valence-corrected chi connectivity index (χ4v) is 3.10. The summed E-state index contributed by atoms with van der Waals surface area (Å²) in [6, 6.07) is 14.9. The fraction of sp³-hybridized carbons (Fsp3) is 0.0526. The number of hydrogen-bond donors (Lipinski definition) is 2. The minimum Gasteiger partial charge on any atom is -0.493 e. The molecule has 0 atom stereocenters. The van der Waals surface area contributed by atoms with Gasteiger partial charge in [0.1, 0.15) is 12.0 Å². The van der Waals surface area contributed by atoms with E-state index in [-0.39, 0.29) is 22.5 Å². The van der Waals surface area contributed by atoms with Crippen LogP contribution >= 0.6 is 23.2 Å². The molecule has 0 spiro atoms. The van der Waals surface area contributed by atoms with E-state index < -0.39 is 0 Å². The highest BCUT2D eigenvalue weighted by Gasteiger charge is 2.17. The molecule has 2 aromatic heterocycles. The first-order valence-electron chi connectivity index (χ1n) is 8.27. The van der Waals surface area contributed by atoms with Gasteiger partial charge in [0.05, 0.1) is 12.1 Å². The van der Waals surface area contributed by atoms with Crippen molar-refractivity contribution in [1.29, 1.82) is 0 Å². The summed E-state index contributed by atoms with van der Waals surface area (Å²) in [7, 11) is 0.